The summed E-state index contributed by atoms with van der Waals surface area (Å²) in [5.74, 6) is 1.36. The lowest BCUT2D eigenvalue weighted by Gasteiger charge is -2.57. The summed E-state index contributed by atoms with van der Waals surface area (Å²) < 4.78 is 5.22. The van der Waals surface area contributed by atoms with Gasteiger partial charge in [0.25, 0.3) is 0 Å². The first-order valence-corrected chi connectivity index (χ1v) is 11.1. The molecule has 2 rings (SSSR count). The van der Waals surface area contributed by atoms with Crippen molar-refractivity contribution in [2.45, 2.75) is 106 Å². The number of hydrogen-bond donors (Lipinski definition) is 0. The van der Waals surface area contributed by atoms with Gasteiger partial charge in [-0.05, 0) is 88.4 Å². The van der Waals surface area contributed by atoms with Crippen LogP contribution < -0.4 is 0 Å². The largest absolute Gasteiger partial charge is 0.463 e. The highest BCUT2D eigenvalue weighted by molar-refractivity contribution is 5.66. The number of carbonyl (C=O) groups excluding carboxylic acids is 1. The minimum absolute atomic E-state index is 0.0132. The van der Waals surface area contributed by atoms with Crippen molar-refractivity contribution < 1.29 is 9.53 Å². The van der Waals surface area contributed by atoms with Crippen molar-refractivity contribution >= 4 is 5.97 Å². The van der Waals surface area contributed by atoms with E-state index in [2.05, 4.69) is 46.8 Å². The summed E-state index contributed by atoms with van der Waals surface area (Å²) in [7, 11) is 0. The first-order chi connectivity index (χ1) is 12.6. The SMILES string of the molecule is CC(=O)O[C@H](C)CC/C=C(\C)CC[C@H]1C(C)=CC[C@@H]2C(C)(C)CCC[C@]21C. The zero-order valence-corrected chi connectivity index (χ0v) is 18.9. The highest BCUT2D eigenvalue weighted by atomic mass is 16.5. The smallest absolute Gasteiger partial charge is 0.302 e. The fraction of sp³-hybridized carbons (Fsp3) is 0.800. The number of rotatable bonds is 7. The Morgan fingerprint density at radius 3 is 2.67 bits per heavy atom. The van der Waals surface area contributed by atoms with E-state index in [9.17, 15) is 4.79 Å². The van der Waals surface area contributed by atoms with Crippen molar-refractivity contribution in [1.29, 1.82) is 0 Å². The molecule has 1 saturated carbocycles. The molecule has 2 nitrogen and oxygen atoms in total. The Balaban J connectivity index is 1.95. The lowest BCUT2D eigenvalue weighted by Crippen LogP contribution is -2.48. The second-order valence-corrected chi connectivity index (χ2v) is 10.2. The minimum atomic E-state index is -0.180. The van der Waals surface area contributed by atoms with Crippen LogP contribution in [0.1, 0.15) is 99.8 Å². The molecular weight excluding hydrogens is 332 g/mol. The molecule has 2 aliphatic rings. The van der Waals surface area contributed by atoms with Crippen LogP contribution in [-0.2, 0) is 9.53 Å². The van der Waals surface area contributed by atoms with Crippen LogP contribution in [0.5, 0.6) is 0 Å². The molecule has 2 aliphatic carbocycles. The Morgan fingerprint density at radius 1 is 1.30 bits per heavy atom. The fourth-order valence-corrected chi connectivity index (χ4v) is 6.08. The molecule has 0 spiro atoms. The normalized spacial score (nSPS) is 31.7. The fourth-order valence-electron chi connectivity index (χ4n) is 6.08. The lowest BCUT2D eigenvalue weighted by atomic mass is 9.48. The third-order valence-electron chi connectivity index (χ3n) is 7.56. The summed E-state index contributed by atoms with van der Waals surface area (Å²) in [4.78, 5) is 11.0. The van der Waals surface area contributed by atoms with E-state index >= 15 is 0 Å². The summed E-state index contributed by atoms with van der Waals surface area (Å²) >= 11 is 0. The number of hydrogen-bond acceptors (Lipinski definition) is 2. The molecule has 0 aliphatic heterocycles. The van der Waals surface area contributed by atoms with Crippen molar-refractivity contribution in [3.8, 4) is 0 Å². The van der Waals surface area contributed by atoms with E-state index in [1.807, 2.05) is 6.92 Å². The van der Waals surface area contributed by atoms with Crippen LogP contribution in [0.15, 0.2) is 23.3 Å². The molecule has 4 atom stereocenters. The van der Waals surface area contributed by atoms with Gasteiger partial charge in [-0.15, -0.1) is 0 Å². The van der Waals surface area contributed by atoms with Gasteiger partial charge in [-0.3, -0.25) is 4.79 Å². The maximum absolute atomic E-state index is 11.0. The lowest BCUT2D eigenvalue weighted by molar-refractivity contribution is -0.145. The standard InChI is InChI=1S/C25H42O2/c1-18(10-8-11-20(3)27-21(4)26)12-14-22-19(2)13-15-23-24(5,6)16-9-17-25(22,23)7/h10,13,20,22-23H,8-9,11-12,14-17H2,1-7H3/b18-10+/t20-,22+,23-,25+/m1/s1. The Labute approximate surface area is 167 Å². The number of esters is 1. The zero-order valence-electron chi connectivity index (χ0n) is 18.9. The van der Waals surface area contributed by atoms with Gasteiger partial charge in [-0.2, -0.15) is 0 Å². The molecule has 2 heteroatoms. The van der Waals surface area contributed by atoms with Crippen LogP contribution in [0, 0.1) is 22.7 Å². The number of allylic oxidation sites excluding steroid dienone is 4. The van der Waals surface area contributed by atoms with Crippen LogP contribution in [-0.4, -0.2) is 12.1 Å². The first-order valence-electron chi connectivity index (χ1n) is 11.1. The molecule has 0 bridgehead atoms. The van der Waals surface area contributed by atoms with Crippen LogP contribution >= 0.6 is 0 Å². The van der Waals surface area contributed by atoms with Crippen molar-refractivity contribution in [2.24, 2.45) is 22.7 Å². The molecule has 0 heterocycles. The number of ether oxygens (including phenoxy) is 1. The summed E-state index contributed by atoms with van der Waals surface area (Å²) in [5.41, 5.74) is 4.05. The van der Waals surface area contributed by atoms with Gasteiger partial charge in [-0.1, -0.05) is 50.5 Å². The van der Waals surface area contributed by atoms with Crippen molar-refractivity contribution in [2.75, 3.05) is 0 Å². The average molecular weight is 375 g/mol. The van der Waals surface area contributed by atoms with Gasteiger partial charge in [0.2, 0.25) is 0 Å². The second-order valence-electron chi connectivity index (χ2n) is 10.2. The van der Waals surface area contributed by atoms with Gasteiger partial charge in [0, 0.05) is 6.92 Å². The van der Waals surface area contributed by atoms with E-state index < -0.39 is 0 Å². The monoisotopic (exact) mass is 374 g/mol. The molecule has 0 radical (unpaired) electrons. The molecule has 154 valence electrons. The van der Waals surface area contributed by atoms with Gasteiger partial charge in [0.05, 0.1) is 6.10 Å². The molecule has 1 fully saturated rings. The predicted molar refractivity (Wildman–Crippen MR) is 115 cm³/mol. The van der Waals surface area contributed by atoms with Gasteiger partial charge in [0.15, 0.2) is 0 Å². The van der Waals surface area contributed by atoms with Gasteiger partial charge in [0.1, 0.15) is 0 Å². The average Bonchev–Trinajstić information content (AvgIpc) is 2.52. The highest BCUT2D eigenvalue weighted by Gasteiger charge is 2.51. The Kier molecular flexibility index (Phi) is 7.39. The number of carbonyl (C=O) groups is 1. The van der Waals surface area contributed by atoms with E-state index in [1.165, 1.54) is 51.0 Å². The molecule has 0 aromatic rings. The minimum Gasteiger partial charge on any atom is -0.463 e. The maximum atomic E-state index is 11.0. The number of fused-ring (bicyclic) bond motifs is 1. The van der Waals surface area contributed by atoms with Gasteiger partial charge in [-0.25, -0.2) is 0 Å². The maximum Gasteiger partial charge on any atom is 0.302 e. The molecule has 0 aromatic carbocycles. The van der Waals surface area contributed by atoms with E-state index in [1.54, 1.807) is 5.57 Å². The van der Waals surface area contributed by atoms with Crippen molar-refractivity contribution in [3.63, 3.8) is 0 Å². The molecule has 0 amide bonds. The van der Waals surface area contributed by atoms with Crippen LogP contribution in [0.25, 0.3) is 0 Å². The van der Waals surface area contributed by atoms with E-state index in [-0.39, 0.29) is 12.1 Å². The summed E-state index contributed by atoms with van der Waals surface area (Å²) in [5, 5.41) is 0. The molecule has 0 unspecified atom stereocenters. The van der Waals surface area contributed by atoms with Crippen molar-refractivity contribution in [1.82, 2.24) is 0 Å². The van der Waals surface area contributed by atoms with Gasteiger partial charge < -0.3 is 4.74 Å². The van der Waals surface area contributed by atoms with Crippen LogP contribution in [0.4, 0.5) is 0 Å². The van der Waals surface area contributed by atoms with Crippen LogP contribution in [0.2, 0.25) is 0 Å². The molecule has 0 N–H and O–H groups in total. The Morgan fingerprint density at radius 2 is 2.00 bits per heavy atom. The molecule has 0 saturated heterocycles. The van der Waals surface area contributed by atoms with Crippen LogP contribution in [0.3, 0.4) is 0 Å². The summed E-state index contributed by atoms with van der Waals surface area (Å²) in [6.07, 6.45) is 14.7. The summed E-state index contributed by atoms with van der Waals surface area (Å²) in [6.45, 7) is 15.7. The van der Waals surface area contributed by atoms with Crippen molar-refractivity contribution in [3.05, 3.63) is 23.3 Å². The molecule has 27 heavy (non-hydrogen) atoms. The van der Waals surface area contributed by atoms with Gasteiger partial charge >= 0.3 is 5.97 Å². The third kappa shape index (κ3) is 5.48. The first kappa shape index (κ1) is 22.2. The zero-order chi connectivity index (χ0) is 20.2. The summed E-state index contributed by atoms with van der Waals surface area (Å²) in [6, 6.07) is 0. The quantitative estimate of drug-likeness (QED) is 0.346. The highest BCUT2D eigenvalue weighted by Crippen LogP contribution is 2.60. The molecular formula is C25H42O2. The van der Waals surface area contributed by atoms with E-state index in [4.69, 9.17) is 4.74 Å². The predicted octanol–water partition coefficient (Wildman–Crippen LogP) is 7.24. The van der Waals surface area contributed by atoms with E-state index in [0.29, 0.717) is 10.8 Å². The topological polar surface area (TPSA) is 26.3 Å². The molecule has 0 aromatic heterocycles. The Hall–Kier alpha value is -1.05. The van der Waals surface area contributed by atoms with E-state index in [0.717, 1.165) is 24.7 Å². The second kappa shape index (κ2) is 8.97. The third-order valence-corrected chi connectivity index (χ3v) is 7.56. The Bertz CT molecular complexity index is 583.